The number of hydrogen-bond acceptors (Lipinski definition) is 6. The molecule has 0 fully saturated rings. The van der Waals surface area contributed by atoms with E-state index in [4.69, 9.17) is 10.5 Å². The molecule has 9 nitrogen and oxygen atoms in total. The van der Waals surface area contributed by atoms with Gasteiger partial charge in [-0.2, -0.15) is 0 Å². The van der Waals surface area contributed by atoms with E-state index in [0.29, 0.717) is 18.5 Å². The van der Waals surface area contributed by atoms with Crippen LogP contribution in [-0.4, -0.2) is 44.1 Å². The number of carbonyl (C=O) groups excluding carboxylic acids is 3. The van der Waals surface area contributed by atoms with Crippen LogP contribution in [0.25, 0.3) is 0 Å². The Morgan fingerprint density at radius 3 is 2.26 bits per heavy atom. The smallest absolute Gasteiger partial charge is 0.324 e. The fourth-order valence-electron chi connectivity index (χ4n) is 2.00. The zero-order valence-corrected chi connectivity index (χ0v) is 16.3. The molecule has 0 spiro atoms. The molecular weight excluding hydrogens is 374 g/mol. The van der Waals surface area contributed by atoms with E-state index in [1.807, 2.05) is 6.92 Å². The molecular formula is C17H25N3O6S. The van der Waals surface area contributed by atoms with Crippen LogP contribution in [0, 0.1) is 0 Å². The molecule has 0 aliphatic carbocycles. The lowest BCUT2D eigenvalue weighted by molar-refractivity contribution is -0.154. The van der Waals surface area contributed by atoms with Crippen molar-refractivity contribution >= 4 is 33.5 Å². The summed E-state index contributed by atoms with van der Waals surface area (Å²) in [6, 6.07) is 4.74. The Balaban J connectivity index is 2.58. The van der Waals surface area contributed by atoms with Crippen LogP contribution >= 0.6 is 0 Å². The number of rotatable bonds is 10. The Kier molecular flexibility index (Phi) is 8.38. The maximum absolute atomic E-state index is 12.1. The third-order valence-electron chi connectivity index (χ3n) is 3.58. The molecule has 1 aromatic carbocycles. The summed E-state index contributed by atoms with van der Waals surface area (Å²) in [5.74, 6) is -2.14. The third kappa shape index (κ3) is 7.75. The number of carbonyl (C=O) groups is 3. The van der Waals surface area contributed by atoms with Crippen molar-refractivity contribution in [2.45, 2.75) is 45.8 Å². The van der Waals surface area contributed by atoms with Gasteiger partial charge in [0.25, 0.3) is 5.91 Å². The lowest BCUT2D eigenvalue weighted by Crippen LogP contribution is -2.43. The van der Waals surface area contributed by atoms with Gasteiger partial charge in [0.15, 0.2) is 6.10 Å². The zero-order chi connectivity index (χ0) is 20.6. The van der Waals surface area contributed by atoms with Crippen LogP contribution in [0.4, 0.5) is 5.69 Å². The number of nitrogens with two attached hydrogens (primary N) is 1. The summed E-state index contributed by atoms with van der Waals surface area (Å²) in [4.78, 5) is 35.1. The normalized spacial score (nSPS) is 13.4. The number of sulfonamides is 1. The van der Waals surface area contributed by atoms with Crippen molar-refractivity contribution < 1.29 is 27.5 Å². The van der Waals surface area contributed by atoms with Gasteiger partial charge < -0.3 is 15.8 Å². The zero-order valence-electron chi connectivity index (χ0n) is 15.5. The van der Waals surface area contributed by atoms with Gasteiger partial charge in [-0.3, -0.25) is 14.4 Å². The Morgan fingerprint density at radius 2 is 1.74 bits per heavy atom. The van der Waals surface area contributed by atoms with Crippen LogP contribution in [-0.2, 0) is 24.3 Å². The van der Waals surface area contributed by atoms with Gasteiger partial charge in [-0.1, -0.05) is 13.3 Å². The summed E-state index contributed by atoms with van der Waals surface area (Å²) in [6.07, 6.45) is 0.0397. The molecule has 0 heterocycles. The average molecular weight is 399 g/mol. The second-order valence-electron chi connectivity index (χ2n) is 6.02. The van der Waals surface area contributed by atoms with Crippen molar-refractivity contribution in [1.29, 1.82) is 0 Å². The van der Waals surface area contributed by atoms with Gasteiger partial charge in [-0.15, -0.1) is 0 Å². The minimum atomic E-state index is -3.59. The molecule has 0 unspecified atom stereocenters. The molecule has 2 atom stereocenters. The van der Waals surface area contributed by atoms with E-state index in [2.05, 4.69) is 10.0 Å². The van der Waals surface area contributed by atoms with Crippen LogP contribution in [0.5, 0.6) is 0 Å². The molecule has 10 heteroatoms. The molecule has 0 saturated heterocycles. The molecule has 0 saturated carbocycles. The molecule has 27 heavy (non-hydrogen) atoms. The summed E-state index contributed by atoms with van der Waals surface area (Å²) in [6.45, 7) is 4.57. The molecule has 0 radical (unpaired) electrons. The molecule has 4 N–H and O–H groups in total. The van der Waals surface area contributed by atoms with Crippen molar-refractivity contribution in [2.24, 2.45) is 5.73 Å². The van der Waals surface area contributed by atoms with Gasteiger partial charge in [0.1, 0.15) is 6.04 Å². The molecule has 1 rings (SSSR count). The topological polar surface area (TPSA) is 145 Å². The van der Waals surface area contributed by atoms with E-state index in [-0.39, 0.29) is 11.3 Å². The number of anilines is 1. The SMILES string of the molecule is CCCCS(=O)(=O)N[C@@H](C)C(=O)O[C@H](C)C(=O)Nc1ccc(C(N)=O)cc1. The minimum absolute atomic E-state index is 0.0849. The maximum Gasteiger partial charge on any atom is 0.324 e. The number of primary amides is 1. The van der Waals surface area contributed by atoms with E-state index < -0.39 is 40.0 Å². The highest BCUT2D eigenvalue weighted by molar-refractivity contribution is 7.89. The predicted octanol–water partition coefficient (Wildman–Crippen LogP) is 0.764. The Bertz CT molecular complexity index is 776. The van der Waals surface area contributed by atoms with Crippen molar-refractivity contribution in [2.75, 3.05) is 11.1 Å². The summed E-state index contributed by atoms with van der Waals surface area (Å²) in [7, 11) is -3.59. The van der Waals surface area contributed by atoms with Gasteiger partial charge in [0, 0.05) is 11.3 Å². The number of unbranched alkanes of at least 4 members (excludes halogenated alkanes) is 1. The molecule has 0 bridgehead atoms. The van der Waals surface area contributed by atoms with Crippen molar-refractivity contribution in [1.82, 2.24) is 4.72 Å². The van der Waals surface area contributed by atoms with Crippen molar-refractivity contribution in [3.63, 3.8) is 0 Å². The first-order valence-electron chi connectivity index (χ1n) is 8.47. The third-order valence-corrected chi connectivity index (χ3v) is 5.11. The fraction of sp³-hybridized carbons (Fsp3) is 0.471. The van der Waals surface area contributed by atoms with Gasteiger partial charge in [-0.05, 0) is 44.5 Å². The van der Waals surface area contributed by atoms with E-state index in [9.17, 15) is 22.8 Å². The number of esters is 1. The van der Waals surface area contributed by atoms with Crippen LogP contribution < -0.4 is 15.8 Å². The van der Waals surface area contributed by atoms with Crippen LogP contribution in [0.2, 0.25) is 0 Å². The monoisotopic (exact) mass is 399 g/mol. The second-order valence-corrected chi connectivity index (χ2v) is 7.90. The Morgan fingerprint density at radius 1 is 1.15 bits per heavy atom. The van der Waals surface area contributed by atoms with Crippen LogP contribution in [0.3, 0.4) is 0 Å². The largest absolute Gasteiger partial charge is 0.451 e. The fourth-order valence-corrected chi connectivity index (χ4v) is 3.42. The maximum atomic E-state index is 12.1. The lowest BCUT2D eigenvalue weighted by Gasteiger charge is -2.17. The second kappa shape index (κ2) is 10.0. The summed E-state index contributed by atoms with van der Waals surface area (Å²) in [5, 5.41) is 2.52. The molecule has 2 amide bonds. The van der Waals surface area contributed by atoms with E-state index >= 15 is 0 Å². The first-order chi connectivity index (χ1) is 12.6. The quantitative estimate of drug-likeness (QED) is 0.495. The van der Waals surface area contributed by atoms with Gasteiger partial charge in [0.05, 0.1) is 5.75 Å². The summed E-state index contributed by atoms with van der Waals surface area (Å²) < 4.78 is 30.8. The van der Waals surface area contributed by atoms with E-state index in [1.54, 1.807) is 0 Å². The highest BCUT2D eigenvalue weighted by Crippen LogP contribution is 2.10. The first-order valence-corrected chi connectivity index (χ1v) is 10.1. The summed E-state index contributed by atoms with van der Waals surface area (Å²) in [5.41, 5.74) is 5.81. The van der Waals surface area contributed by atoms with Crippen molar-refractivity contribution in [3.8, 4) is 0 Å². The minimum Gasteiger partial charge on any atom is -0.451 e. The number of nitrogens with one attached hydrogen (secondary N) is 2. The van der Waals surface area contributed by atoms with Crippen molar-refractivity contribution in [3.05, 3.63) is 29.8 Å². The molecule has 0 aromatic heterocycles. The molecule has 150 valence electrons. The molecule has 0 aliphatic heterocycles. The highest BCUT2D eigenvalue weighted by atomic mass is 32.2. The van der Waals surface area contributed by atoms with Gasteiger partial charge >= 0.3 is 5.97 Å². The number of hydrogen-bond donors (Lipinski definition) is 3. The molecule has 1 aromatic rings. The lowest BCUT2D eigenvalue weighted by atomic mass is 10.2. The Labute approximate surface area is 158 Å². The van der Waals surface area contributed by atoms with Crippen LogP contribution in [0.1, 0.15) is 44.0 Å². The average Bonchev–Trinajstić information content (AvgIpc) is 2.59. The Hall–Kier alpha value is -2.46. The van der Waals surface area contributed by atoms with Crippen LogP contribution in [0.15, 0.2) is 24.3 Å². The molecule has 0 aliphatic rings. The van der Waals surface area contributed by atoms with Gasteiger partial charge in [-0.25, -0.2) is 13.1 Å². The summed E-state index contributed by atoms with van der Waals surface area (Å²) >= 11 is 0. The first kappa shape index (κ1) is 22.6. The number of amides is 2. The standard InChI is InChI=1S/C17H25N3O6S/c1-4-5-10-27(24,25)20-11(2)17(23)26-12(3)16(22)19-14-8-6-13(7-9-14)15(18)21/h6-9,11-12,20H,4-5,10H2,1-3H3,(H2,18,21)(H,19,22)/t11-,12+/m0/s1. The number of ether oxygens (including phenoxy) is 1. The highest BCUT2D eigenvalue weighted by Gasteiger charge is 2.25. The van der Waals surface area contributed by atoms with E-state index in [1.165, 1.54) is 38.1 Å². The predicted molar refractivity (Wildman–Crippen MR) is 100 cm³/mol. The van der Waals surface area contributed by atoms with Gasteiger partial charge in [0.2, 0.25) is 15.9 Å². The number of benzene rings is 1. The van der Waals surface area contributed by atoms with E-state index in [0.717, 1.165) is 0 Å².